The molecule has 0 saturated carbocycles. The molecule has 0 fully saturated rings. The zero-order valence-electron chi connectivity index (χ0n) is 14.1. The SMILES string of the molecule is Cc1nc(N)c2nc(C)n(CCNC(=O)c3ccccc3)c2c1C. The Kier molecular flexibility index (Phi) is 4.20. The van der Waals surface area contributed by atoms with Gasteiger partial charge in [0.15, 0.2) is 5.82 Å². The summed E-state index contributed by atoms with van der Waals surface area (Å²) in [5.74, 6) is 1.23. The van der Waals surface area contributed by atoms with Gasteiger partial charge >= 0.3 is 0 Å². The summed E-state index contributed by atoms with van der Waals surface area (Å²) in [5, 5.41) is 2.94. The lowest BCUT2D eigenvalue weighted by atomic mass is 10.2. The largest absolute Gasteiger partial charge is 0.382 e. The van der Waals surface area contributed by atoms with E-state index in [1.54, 1.807) is 12.1 Å². The Morgan fingerprint density at radius 1 is 1.17 bits per heavy atom. The number of aryl methyl sites for hydroxylation is 3. The summed E-state index contributed by atoms with van der Waals surface area (Å²) in [6.07, 6.45) is 0. The number of carbonyl (C=O) groups excluding carboxylic acids is 1. The topological polar surface area (TPSA) is 85.8 Å². The van der Waals surface area contributed by atoms with Gasteiger partial charge in [0.1, 0.15) is 11.3 Å². The van der Waals surface area contributed by atoms with Crippen LogP contribution in [0, 0.1) is 20.8 Å². The number of nitrogens with two attached hydrogens (primary N) is 1. The van der Waals surface area contributed by atoms with Crippen LogP contribution in [0.25, 0.3) is 11.0 Å². The van der Waals surface area contributed by atoms with Crippen molar-refractivity contribution in [1.29, 1.82) is 0 Å². The number of hydrogen-bond acceptors (Lipinski definition) is 4. The van der Waals surface area contributed by atoms with Gasteiger partial charge in [-0.2, -0.15) is 0 Å². The van der Waals surface area contributed by atoms with Gasteiger partial charge in [-0.3, -0.25) is 4.79 Å². The molecule has 3 N–H and O–H groups in total. The summed E-state index contributed by atoms with van der Waals surface area (Å²) in [5.41, 5.74) is 10.3. The fraction of sp³-hybridized carbons (Fsp3) is 0.278. The average molecular weight is 323 g/mol. The van der Waals surface area contributed by atoms with Crippen LogP contribution in [0.2, 0.25) is 0 Å². The van der Waals surface area contributed by atoms with E-state index in [2.05, 4.69) is 19.9 Å². The van der Waals surface area contributed by atoms with Crippen molar-refractivity contribution >= 4 is 22.8 Å². The molecule has 0 spiro atoms. The number of imidazole rings is 1. The van der Waals surface area contributed by atoms with Crippen molar-refractivity contribution in [3.63, 3.8) is 0 Å². The quantitative estimate of drug-likeness (QED) is 0.772. The summed E-state index contributed by atoms with van der Waals surface area (Å²) in [7, 11) is 0. The third-order valence-electron chi connectivity index (χ3n) is 4.24. The number of carbonyl (C=O) groups is 1. The third kappa shape index (κ3) is 2.82. The highest BCUT2D eigenvalue weighted by Gasteiger charge is 2.15. The second-order valence-electron chi connectivity index (χ2n) is 5.84. The van der Waals surface area contributed by atoms with Crippen molar-refractivity contribution in [3.8, 4) is 0 Å². The molecule has 6 heteroatoms. The van der Waals surface area contributed by atoms with E-state index in [-0.39, 0.29) is 5.91 Å². The van der Waals surface area contributed by atoms with E-state index >= 15 is 0 Å². The summed E-state index contributed by atoms with van der Waals surface area (Å²) in [6, 6.07) is 9.19. The number of nitrogen functional groups attached to an aromatic ring is 1. The molecule has 124 valence electrons. The van der Waals surface area contributed by atoms with Crippen LogP contribution >= 0.6 is 0 Å². The van der Waals surface area contributed by atoms with Crippen LogP contribution in [0.4, 0.5) is 5.82 Å². The molecule has 3 rings (SSSR count). The number of nitrogens with zero attached hydrogens (tertiary/aromatic N) is 3. The number of fused-ring (bicyclic) bond motifs is 1. The Labute approximate surface area is 140 Å². The van der Waals surface area contributed by atoms with Crippen molar-refractivity contribution < 1.29 is 4.79 Å². The summed E-state index contributed by atoms with van der Waals surface area (Å²) in [4.78, 5) is 21.0. The number of benzene rings is 1. The highest BCUT2D eigenvalue weighted by Crippen LogP contribution is 2.25. The first-order chi connectivity index (χ1) is 11.5. The number of aromatic nitrogens is 3. The molecule has 0 unspecified atom stereocenters. The highest BCUT2D eigenvalue weighted by molar-refractivity contribution is 5.94. The molecule has 24 heavy (non-hydrogen) atoms. The molecule has 1 amide bonds. The van der Waals surface area contributed by atoms with Gasteiger partial charge in [0, 0.05) is 24.3 Å². The van der Waals surface area contributed by atoms with Gasteiger partial charge in [0.2, 0.25) is 0 Å². The second kappa shape index (κ2) is 6.31. The lowest BCUT2D eigenvalue weighted by Gasteiger charge is -2.11. The van der Waals surface area contributed by atoms with Gasteiger partial charge in [-0.25, -0.2) is 9.97 Å². The maximum absolute atomic E-state index is 12.1. The molecule has 0 aliphatic rings. The van der Waals surface area contributed by atoms with Crippen LogP contribution in [0.15, 0.2) is 30.3 Å². The normalized spacial score (nSPS) is 11.0. The molecular weight excluding hydrogens is 302 g/mol. The molecule has 0 aliphatic carbocycles. The fourth-order valence-corrected chi connectivity index (χ4v) is 2.86. The van der Waals surface area contributed by atoms with E-state index < -0.39 is 0 Å². The number of nitrogens with one attached hydrogen (secondary N) is 1. The zero-order valence-corrected chi connectivity index (χ0v) is 14.1. The predicted octanol–water partition coefficient (Wildman–Crippen LogP) is 2.37. The maximum atomic E-state index is 12.1. The van der Waals surface area contributed by atoms with Crippen molar-refractivity contribution in [1.82, 2.24) is 19.9 Å². The van der Waals surface area contributed by atoms with Crippen molar-refractivity contribution in [3.05, 3.63) is 53.0 Å². The van der Waals surface area contributed by atoms with E-state index in [1.165, 1.54) is 0 Å². The van der Waals surface area contributed by atoms with Gasteiger partial charge < -0.3 is 15.6 Å². The number of hydrogen-bond donors (Lipinski definition) is 2. The standard InChI is InChI=1S/C18H21N5O/c1-11-12(2)21-17(19)15-16(11)23(13(3)22-15)10-9-20-18(24)14-7-5-4-6-8-14/h4-8H,9-10H2,1-3H3,(H2,19,21)(H,20,24). The minimum atomic E-state index is -0.0771. The number of pyridine rings is 1. The minimum Gasteiger partial charge on any atom is -0.382 e. The zero-order chi connectivity index (χ0) is 17.3. The predicted molar refractivity (Wildman–Crippen MR) is 94.9 cm³/mol. The third-order valence-corrected chi connectivity index (χ3v) is 4.24. The van der Waals surface area contributed by atoms with Crippen LogP contribution in [-0.4, -0.2) is 27.0 Å². The second-order valence-corrected chi connectivity index (χ2v) is 5.84. The molecule has 0 atom stereocenters. The molecule has 2 aromatic heterocycles. The van der Waals surface area contributed by atoms with E-state index in [9.17, 15) is 4.79 Å². The lowest BCUT2D eigenvalue weighted by Crippen LogP contribution is -2.27. The molecule has 6 nitrogen and oxygen atoms in total. The van der Waals surface area contributed by atoms with Crippen LogP contribution in [0.1, 0.15) is 27.4 Å². The lowest BCUT2D eigenvalue weighted by molar-refractivity contribution is 0.0952. The van der Waals surface area contributed by atoms with Crippen LogP contribution < -0.4 is 11.1 Å². The molecule has 3 aromatic rings. The first kappa shape index (κ1) is 16.0. The first-order valence-electron chi connectivity index (χ1n) is 7.91. The van der Waals surface area contributed by atoms with Crippen LogP contribution in [-0.2, 0) is 6.54 Å². The Morgan fingerprint density at radius 2 is 1.88 bits per heavy atom. The fourth-order valence-electron chi connectivity index (χ4n) is 2.86. The van der Waals surface area contributed by atoms with Gasteiger partial charge in [-0.15, -0.1) is 0 Å². The van der Waals surface area contributed by atoms with Crippen molar-refractivity contribution in [2.45, 2.75) is 27.3 Å². The van der Waals surface area contributed by atoms with Gasteiger partial charge in [0.05, 0.1) is 5.52 Å². The summed E-state index contributed by atoms with van der Waals surface area (Å²) < 4.78 is 2.08. The smallest absolute Gasteiger partial charge is 0.251 e. The molecule has 0 aliphatic heterocycles. The molecule has 0 radical (unpaired) electrons. The Hall–Kier alpha value is -2.89. The Bertz CT molecular complexity index is 899. The van der Waals surface area contributed by atoms with Gasteiger partial charge in [-0.1, -0.05) is 18.2 Å². The monoisotopic (exact) mass is 323 g/mol. The maximum Gasteiger partial charge on any atom is 0.251 e. The summed E-state index contributed by atoms with van der Waals surface area (Å²) in [6.45, 7) is 7.04. The van der Waals surface area contributed by atoms with E-state index in [0.717, 1.165) is 28.1 Å². The minimum absolute atomic E-state index is 0.0771. The first-order valence-corrected chi connectivity index (χ1v) is 7.91. The molecule has 0 bridgehead atoms. The van der Waals surface area contributed by atoms with E-state index in [1.807, 2.05) is 39.0 Å². The van der Waals surface area contributed by atoms with Crippen molar-refractivity contribution in [2.75, 3.05) is 12.3 Å². The van der Waals surface area contributed by atoms with Gasteiger partial charge in [-0.05, 0) is 38.5 Å². The molecule has 0 saturated heterocycles. The van der Waals surface area contributed by atoms with Crippen LogP contribution in [0.5, 0.6) is 0 Å². The van der Waals surface area contributed by atoms with Gasteiger partial charge in [0.25, 0.3) is 5.91 Å². The molecule has 2 heterocycles. The number of amides is 1. The number of rotatable bonds is 4. The summed E-state index contributed by atoms with van der Waals surface area (Å²) >= 11 is 0. The van der Waals surface area contributed by atoms with Crippen molar-refractivity contribution in [2.24, 2.45) is 0 Å². The molecule has 1 aromatic carbocycles. The molecular formula is C18H21N5O. The Morgan fingerprint density at radius 3 is 2.58 bits per heavy atom. The average Bonchev–Trinajstić information content (AvgIpc) is 2.91. The number of anilines is 1. The highest BCUT2D eigenvalue weighted by atomic mass is 16.1. The van der Waals surface area contributed by atoms with Crippen LogP contribution in [0.3, 0.4) is 0 Å². The Balaban J connectivity index is 1.81. The van der Waals surface area contributed by atoms with E-state index in [4.69, 9.17) is 5.73 Å². The van der Waals surface area contributed by atoms with E-state index in [0.29, 0.717) is 24.5 Å².